The molecular weight excluding hydrogens is 929 g/mol. The molecule has 4 aromatic carbocycles. The summed E-state index contributed by atoms with van der Waals surface area (Å²) in [6, 6.07) is 29.1. The lowest BCUT2D eigenvalue weighted by atomic mass is 9.84. The lowest BCUT2D eigenvalue weighted by Gasteiger charge is -2.36. The van der Waals surface area contributed by atoms with Gasteiger partial charge in [-0.15, -0.1) is 0 Å². The van der Waals surface area contributed by atoms with Crippen LogP contribution in [0.3, 0.4) is 0 Å². The van der Waals surface area contributed by atoms with E-state index in [9.17, 15) is 24.3 Å². The average molecular weight is 987 g/mol. The number of carbonyl (C=O) groups excluding carboxylic acids is 3. The van der Waals surface area contributed by atoms with E-state index in [-0.39, 0.29) is 30.0 Å². The molecule has 0 radical (unpaired) electrons. The van der Waals surface area contributed by atoms with Crippen molar-refractivity contribution in [3.8, 4) is 16.9 Å². The molecule has 7 aromatic rings. The Labute approximate surface area is 421 Å². The molecule has 6 heterocycles. The first-order valence-electron chi connectivity index (χ1n) is 25.1. The number of carboxylic acids is 1. The second-order valence-corrected chi connectivity index (χ2v) is 20.5. The highest BCUT2D eigenvalue weighted by molar-refractivity contribution is 7.22. The fourth-order valence-electron chi connectivity index (χ4n) is 11.1. The van der Waals surface area contributed by atoms with Crippen LogP contribution in [0.15, 0.2) is 91.0 Å². The summed E-state index contributed by atoms with van der Waals surface area (Å²) in [5.41, 5.74) is 7.68. The number of anilines is 4. The second kappa shape index (κ2) is 20.0. The van der Waals surface area contributed by atoms with Crippen molar-refractivity contribution in [2.45, 2.75) is 70.9 Å². The summed E-state index contributed by atoms with van der Waals surface area (Å²) in [4.78, 5) is 68.7. The summed E-state index contributed by atoms with van der Waals surface area (Å²) in [5, 5.41) is 22.0. The zero-order chi connectivity index (χ0) is 49.5. The van der Waals surface area contributed by atoms with Gasteiger partial charge in [0.25, 0.3) is 5.91 Å². The van der Waals surface area contributed by atoms with E-state index in [2.05, 4.69) is 42.6 Å². The van der Waals surface area contributed by atoms with Gasteiger partial charge < -0.3 is 19.6 Å². The fourth-order valence-corrected chi connectivity index (χ4v) is 11.9. The summed E-state index contributed by atoms with van der Waals surface area (Å²) in [5.74, 6) is 0.985. The third-order valence-electron chi connectivity index (χ3n) is 15.1. The van der Waals surface area contributed by atoms with Crippen molar-refractivity contribution in [1.29, 1.82) is 0 Å². The summed E-state index contributed by atoms with van der Waals surface area (Å²) < 4.78 is 9.50. The molecule has 17 heteroatoms. The van der Waals surface area contributed by atoms with Gasteiger partial charge >= 0.3 is 12.0 Å². The minimum absolute atomic E-state index is 0.0208. The molecular formula is C55H58N10O6S. The van der Waals surface area contributed by atoms with Crippen LogP contribution in [0.4, 0.5) is 27.2 Å². The maximum absolute atomic E-state index is 13.7. The number of carbonyl (C=O) groups is 4. The molecule has 72 heavy (non-hydrogen) atoms. The number of nitrogens with zero attached hydrogens (tertiary/aromatic N) is 8. The van der Waals surface area contributed by atoms with Crippen molar-refractivity contribution in [1.82, 2.24) is 30.0 Å². The smallest absolute Gasteiger partial charge is 0.355 e. The number of thiazole rings is 1. The molecule has 0 atom stereocenters. The molecule has 0 spiro atoms. The van der Waals surface area contributed by atoms with Crippen LogP contribution in [0.1, 0.15) is 82.5 Å². The van der Waals surface area contributed by atoms with E-state index in [1.54, 1.807) is 4.90 Å². The van der Waals surface area contributed by atoms with E-state index < -0.39 is 12.0 Å². The molecule has 2 saturated heterocycles. The number of aromatic nitrogens is 4. The number of piperazine rings is 1. The minimum Gasteiger partial charge on any atom is -0.490 e. The number of pyridine rings is 1. The maximum Gasteiger partial charge on any atom is 0.355 e. The van der Waals surface area contributed by atoms with Gasteiger partial charge in [-0.2, -0.15) is 5.10 Å². The van der Waals surface area contributed by atoms with Crippen LogP contribution in [0.5, 0.6) is 5.75 Å². The number of ether oxygens (including phenoxy) is 1. The number of aryl methyl sites for hydroxylation is 1. The topological polar surface area (TPSA) is 178 Å². The van der Waals surface area contributed by atoms with Crippen molar-refractivity contribution in [2.24, 2.45) is 13.0 Å². The summed E-state index contributed by atoms with van der Waals surface area (Å²) in [6.45, 7) is 8.36. The molecule has 3 N–H and O–H groups in total. The summed E-state index contributed by atoms with van der Waals surface area (Å²) in [7, 11) is 1.89. The second-order valence-electron chi connectivity index (χ2n) is 19.5. The van der Waals surface area contributed by atoms with E-state index >= 15 is 0 Å². The first-order chi connectivity index (χ1) is 35.0. The third kappa shape index (κ3) is 9.57. The van der Waals surface area contributed by atoms with E-state index in [0.717, 1.165) is 113 Å². The number of hydrogen-bond donors (Lipinski definition) is 3. The number of aromatic carboxylic acids is 1. The molecule has 11 rings (SSSR count). The highest BCUT2D eigenvalue weighted by Crippen LogP contribution is 2.38. The zero-order valence-electron chi connectivity index (χ0n) is 40.6. The maximum atomic E-state index is 13.7. The summed E-state index contributed by atoms with van der Waals surface area (Å²) >= 11 is 1.44. The standard InChI is InChI=1S/C55H58N10O6S/c1-34-39(40-21-22-48(57-50(40)53(68)69)64-26-23-36-9-5-11-41(43(36)33-64)52(67)59-54-56-44-12-3-4-14-47(44)72-54)10-6-13-46(34)71-38-18-15-35(16-19-38)8-7-25-62-28-30-63(31-29-62)37-17-20-42-45(32-37)61(2)60-51(42)65-27-24-49(66)58-55(65)70/h3-6,9-14,17,20-22,32,35,38H,7-8,15-16,18-19,23-31,33H2,1-2H3,(H,68,69)(H,56,59,67)(H,58,66,70)/t35-,38-. The number of hydrogen-bond acceptors (Lipinski definition) is 12. The quantitative estimate of drug-likeness (QED) is 0.100. The normalized spacial score (nSPS) is 18.6. The molecule has 4 aliphatic rings. The van der Waals surface area contributed by atoms with Gasteiger partial charge in [-0.3, -0.25) is 34.7 Å². The van der Waals surface area contributed by atoms with Gasteiger partial charge in [0, 0.05) is 81.5 Å². The number of imide groups is 1. The Balaban J connectivity index is 0.664. The van der Waals surface area contributed by atoms with Gasteiger partial charge in [-0.05, 0) is 141 Å². The Kier molecular flexibility index (Phi) is 13.1. The number of rotatable bonds is 13. The van der Waals surface area contributed by atoms with Crippen LogP contribution in [-0.2, 0) is 24.8 Å². The zero-order valence-corrected chi connectivity index (χ0v) is 41.4. The van der Waals surface area contributed by atoms with Crippen LogP contribution in [0, 0.1) is 12.8 Å². The van der Waals surface area contributed by atoms with Gasteiger partial charge in [-0.25, -0.2) is 19.6 Å². The van der Waals surface area contributed by atoms with Crippen molar-refractivity contribution in [3.05, 3.63) is 119 Å². The molecule has 370 valence electrons. The van der Waals surface area contributed by atoms with Crippen molar-refractivity contribution >= 4 is 78.7 Å². The van der Waals surface area contributed by atoms with Gasteiger partial charge in [0.15, 0.2) is 16.6 Å². The number of carboxylic acid groups (broad SMARTS) is 1. The number of benzene rings is 4. The van der Waals surface area contributed by atoms with Gasteiger partial charge in [-0.1, -0.05) is 47.7 Å². The Hall–Kier alpha value is -7.37. The van der Waals surface area contributed by atoms with E-state index in [4.69, 9.17) is 9.72 Å². The predicted molar refractivity (Wildman–Crippen MR) is 281 cm³/mol. The molecule has 0 unspecified atom stereocenters. The molecule has 3 aromatic heterocycles. The monoisotopic (exact) mass is 986 g/mol. The molecule has 1 aliphatic carbocycles. The molecule has 1 saturated carbocycles. The Morgan fingerprint density at radius 2 is 1.67 bits per heavy atom. The first kappa shape index (κ1) is 47.0. The predicted octanol–water partition coefficient (Wildman–Crippen LogP) is 9.05. The van der Waals surface area contributed by atoms with E-state index in [1.165, 1.54) is 24.2 Å². The molecule has 0 bridgehead atoms. The van der Waals surface area contributed by atoms with E-state index in [0.29, 0.717) is 59.9 Å². The number of para-hydroxylation sites is 1. The Bertz CT molecular complexity index is 3190. The van der Waals surface area contributed by atoms with Crippen LogP contribution in [0.25, 0.3) is 32.2 Å². The number of urea groups is 1. The van der Waals surface area contributed by atoms with Crippen LogP contribution in [0.2, 0.25) is 0 Å². The number of fused-ring (bicyclic) bond motifs is 3. The highest BCUT2D eigenvalue weighted by atomic mass is 32.1. The van der Waals surface area contributed by atoms with E-state index in [1.807, 2.05) is 102 Å². The van der Waals surface area contributed by atoms with Crippen molar-refractivity contribution in [2.75, 3.05) is 65.8 Å². The van der Waals surface area contributed by atoms with Crippen LogP contribution < -0.4 is 30.1 Å². The summed E-state index contributed by atoms with van der Waals surface area (Å²) in [6.07, 6.45) is 7.65. The van der Waals surface area contributed by atoms with Crippen LogP contribution >= 0.6 is 11.3 Å². The van der Waals surface area contributed by atoms with Gasteiger partial charge in [0.05, 0.1) is 21.8 Å². The van der Waals surface area contributed by atoms with Gasteiger partial charge in [0.1, 0.15) is 11.6 Å². The molecule has 3 aliphatic heterocycles. The largest absolute Gasteiger partial charge is 0.490 e. The van der Waals surface area contributed by atoms with Crippen molar-refractivity contribution < 1.29 is 29.0 Å². The third-order valence-corrected chi connectivity index (χ3v) is 16.0. The van der Waals surface area contributed by atoms with Crippen molar-refractivity contribution in [3.63, 3.8) is 0 Å². The minimum atomic E-state index is -1.10. The van der Waals surface area contributed by atoms with Gasteiger partial charge in [0.2, 0.25) is 5.91 Å². The lowest BCUT2D eigenvalue weighted by molar-refractivity contribution is -0.120. The highest BCUT2D eigenvalue weighted by Gasteiger charge is 2.30. The molecule has 3 fully saturated rings. The molecule has 16 nitrogen and oxygen atoms in total. The number of amides is 4. The lowest BCUT2D eigenvalue weighted by Crippen LogP contribution is -2.49. The van der Waals surface area contributed by atoms with Crippen LogP contribution in [-0.4, -0.2) is 105 Å². The SMILES string of the molecule is Cc1c(O[C@H]2CC[C@H](CCCN3CCN(c4ccc5c(N6CCC(=O)NC6=O)nn(C)c5c4)CC3)CC2)cccc1-c1ccc(N2CCc3cccc(C(=O)Nc4nc5ccccc5s4)c3C2)nc1C(=O)O. The first-order valence-corrected chi connectivity index (χ1v) is 25.9. The molecule has 4 amide bonds. The Morgan fingerprint density at radius 3 is 2.47 bits per heavy atom. The number of nitrogens with one attached hydrogen (secondary N) is 2. The fraction of sp³-hybridized carbons (Fsp3) is 0.364. The average Bonchev–Trinajstić information content (AvgIpc) is 3.96. The Morgan fingerprint density at radius 1 is 0.847 bits per heavy atom.